The van der Waals surface area contributed by atoms with E-state index in [2.05, 4.69) is 29.6 Å². The molecule has 0 spiro atoms. The Kier molecular flexibility index (Phi) is 3.69. The number of hydrogen-bond donors (Lipinski definition) is 1. The van der Waals surface area contributed by atoms with Gasteiger partial charge in [0, 0.05) is 23.3 Å². The average Bonchev–Trinajstić information content (AvgIpc) is 2.99. The molecule has 1 fully saturated rings. The third-order valence-electron chi connectivity index (χ3n) is 3.58. The maximum atomic E-state index is 5.64. The Labute approximate surface area is 107 Å². The van der Waals surface area contributed by atoms with Gasteiger partial charge in [0.25, 0.3) is 0 Å². The van der Waals surface area contributed by atoms with E-state index in [-0.39, 0.29) is 0 Å². The fraction of sp³-hybridized carbons (Fsp3) is 0.571. The molecule has 0 aromatic heterocycles. The summed E-state index contributed by atoms with van der Waals surface area (Å²) >= 11 is 1.96. The van der Waals surface area contributed by atoms with Crippen LogP contribution in [-0.2, 0) is 4.74 Å². The van der Waals surface area contributed by atoms with Gasteiger partial charge in [-0.3, -0.25) is 0 Å². The van der Waals surface area contributed by atoms with Gasteiger partial charge in [0.15, 0.2) is 0 Å². The number of ether oxygens (including phenoxy) is 1. The number of nitrogens with one attached hydrogen (secondary N) is 1. The number of benzene rings is 1. The van der Waals surface area contributed by atoms with Crippen molar-refractivity contribution in [2.45, 2.75) is 36.3 Å². The van der Waals surface area contributed by atoms with E-state index in [1.807, 2.05) is 11.8 Å². The molecule has 92 valence electrons. The van der Waals surface area contributed by atoms with E-state index in [4.69, 9.17) is 4.74 Å². The van der Waals surface area contributed by atoms with Gasteiger partial charge in [-0.1, -0.05) is 18.2 Å². The van der Waals surface area contributed by atoms with Gasteiger partial charge in [-0.2, -0.15) is 0 Å². The highest BCUT2D eigenvalue weighted by molar-refractivity contribution is 7.99. The van der Waals surface area contributed by atoms with Gasteiger partial charge >= 0.3 is 0 Å². The summed E-state index contributed by atoms with van der Waals surface area (Å²) in [4.78, 5) is 1.45. The van der Waals surface area contributed by atoms with Crippen molar-refractivity contribution in [3.63, 3.8) is 0 Å². The van der Waals surface area contributed by atoms with Gasteiger partial charge in [0.05, 0.1) is 6.10 Å². The molecule has 2 unspecified atom stereocenters. The van der Waals surface area contributed by atoms with Crippen LogP contribution in [0.25, 0.3) is 0 Å². The molecule has 2 aliphatic heterocycles. The quantitative estimate of drug-likeness (QED) is 0.886. The molecule has 2 atom stereocenters. The molecule has 2 heterocycles. The van der Waals surface area contributed by atoms with Crippen molar-refractivity contribution in [1.29, 1.82) is 0 Å². The third kappa shape index (κ3) is 2.67. The van der Waals surface area contributed by atoms with Crippen molar-refractivity contribution in [2.24, 2.45) is 0 Å². The van der Waals surface area contributed by atoms with Crippen molar-refractivity contribution in [3.05, 3.63) is 29.8 Å². The highest BCUT2D eigenvalue weighted by Crippen LogP contribution is 2.37. The van der Waals surface area contributed by atoms with Crippen molar-refractivity contribution >= 4 is 11.8 Å². The molecule has 3 heteroatoms. The predicted octanol–water partition coefficient (Wildman–Crippen LogP) is 2.99. The van der Waals surface area contributed by atoms with Crippen molar-refractivity contribution < 1.29 is 4.74 Å². The van der Waals surface area contributed by atoms with Crippen LogP contribution in [-0.4, -0.2) is 25.0 Å². The minimum atomic E-state index is 0.506. The summed E-state index contributed by atoms with van der Waals surface area (Å²) in [7, 11) is 0. The van der Waals surface area contributed by atoms with Crippen LogP contribution in [0.3, 0.4) is 0 Å². The zero-order chi connectivity index (χ0) is 11.5. The van der Waals surface area contributed by atoms with E-state index in [0.29, 0.717) is 12.1 Å². The maximum Gasteiger partial charge on any atom is 0.0588 e. The van der Waals surface area contributed by atoms with Crippen LogP contribution in [0.1, 0.15) is 30.9 Å². The lowest BCUT2D eigenvalue weighted by atomic mass is 10.1. The second-order valence-electron chi connectivity index (χ2n) is 4.78. The van der Waals surface area contributed by atoms with Crippen LogP contribution >= 0.6 is 11.8 Å². The summed E-state index contributed by atoms with van der Waals surface area (Å²) in [6, 6.07) is 9.28. The predicted molar refractivity (Wildman–Crippen MR) is 71.5 cm³/mol. The largest absolute Gasteiger partial charge is 0.378 e. The normalized spacial score (nSPS) is 27.3. The minimum Gasteiger partial charge on any atom is -0.378 e. The number of fused-ring (bicyclic) bond motifs is 1. The van der Waals surface area contributed by atoms with Gasteiger partial charge < -0.3 is 10.1 Å². The molecule has 0 amide bonds. The molecule has 2 aliphatic rings. The molecule has 3 rings (SSSR count). The first-order chi connectivity index (χ1) is 8.43. The van der Waals surface area contributed by atoms with Crippen LogP contribution in [0.4, 0.5) is 0 Å². The molecule has 1 aromatic carbocycles. The van der Waals surface area contributed by atoms with E-state index in [1.165, 1.54) is 29.1 Å². The molecule has 0 radical (unpaired) electrons. The summed E-state index contributed by atoms with van der Waals surface area (Å²) in [5, 5.41) is 3.66. The Balaban J connectivity index is 1.50. The zero-order valence-electron chi connectivity index (χ0n) is 10.0. The fourth-order valence-electron chi connectivity index (χ4n) is 2.62. The summed E-state index contributed by atoms with van der Waals surface area (Å²) in [5.74, 6) is 1.17. The van der Waals surface area contributed by atoms with Crippen LogP contribution in [0.5, 0.6) is 0 Å². The first-order valence-electron chi connectivity index (χ1n) is 6.50. The number of hydrogen-bond acceptors (Lipinski definition) is 3. The van der Waals surface area contributed by atoms with Crippen molar-refractivity contribution in [1.82, 2.24) is 5.32 Å². The number of thioether (sulfide) groups is 1. The van der Waals surface area contributed by atoms with Crippen molar-refractivity contribution in [3.8, 4) is 0 Å². The zero-order valence-corrected chi connectivity index (χ0v) is 10.8. The SMILES string of the molecule is c1ccc2c(c1)SCC2NCCC1CCCO1. The lowest BCUT2D eigenvalue weighted by Gasteiger charge is -2.15. The molecule has 2 nitrogen and oxygen atoms in total. The molecular formula is C14H19NOS. The molecule has 1 aromatic rings. The fourth-order valence-corrected chi connectivity index (χ4v) is 3.82. The van der Waals surface area contributed by atoms with Gasteiger partial charge in [-0.05, 0) is 37.4 Å². The van der Waals surface area contributed by atoms with Crippen molar-refractivity contribution in [2.75, 3.05) is 18.9 Å². The van der Waals surface area contributed by atoms with Crippen LogP contribution in [0, 0.1) is 0 Å². The first-order valence-corrected chi connectivity index (χ1v) is 7.49. The first kappa shape index (κ1) is 11.6. The van der Waals surface area contributed by atoms with Gasteiger partial charge in [0.1, 0.15) is 0 Å². The van der Waals surface area contributed by atoms with Crippen LogP contribution < -0.4 is 5.32 Å². The summed E-state index contributed by atoms with van der Waals surface area (Å²) in [6.07, 6.45) is 4.15. The Hall–Kier alpha value is -0.510. The third-order valence-corrected chi connectivity index (χ3v) is 4.76. The maximum absolute atomic E-state index is 5.64. The van der Waals surface area contributed by atoms with Crippen LogP contribution in [0.2, 0.25) is 0 Å². The molecule has 1 N–H and O–H groups in total. The topological polar surface area (TPSA) is 21.3 Å². The smallest absolute Gasteiger partial charge is 0.0588 e. The highest BCUT2D eigenvalue weighted by atomic mass is 32.2. The summed E-state index contributed by atoms with van der Waals surface area (Å²) in [6.45, 7) is 2.04. The molecule has 0 bridgehead atoms. The molecule has 17 heavy (non-hydrogen) atoms. The Morgan fingerprint density at radius 1 is 1.35 bits per heavy atom. The Morgan fingerprint density at radius 2 is 2.29 bits per heavy atom. The highest BCUT2D eigenvalue weighted by Gasteiger charge is 2.22. The molecule has 0 aliphatic carbocycles. The second-order valence-corrected chi connectivity index (χ2v) is 5.84. The molecular weight excluding hydrogens is 230 g/mol. The second kappa shape index (κ2) is 5.42. The van der Waals surface area contributed by atoms with E-state index < -0.39 is 0 Å². The van der Waals surface area contributed by atoms with E-state index in [0.717, 1.165) is 19.6 Å². The van der Waals surface area contributed by atoms with Gasteiger partial charge in [-0.15, -0.1) is 11.8 Å². The summed E-state index contributed by atoms with van der Waals surface area (Å²) < 4.78 is 5.64. The Morgan fingerprint density at radius 3 is 3.18 bits per heavy atom. The van der Waals surface area contributed by atoms with E-state index >= 15 is 0 Å². The lowest BCUT2D eigenvalue weighted by Crippen LogP contribution is -2.25. The lowest BCUT2D eigenvalue weighted by molar-refractivity contribution is 0.103. The van der Waals surface area contributed by atoms with Crippen LogP contribution in [0.15, 0.2) is 29.2 Å². The standard InChI is InChI=1S/C14H19NOS/c1-2-6-14-12(5-1)13(10-17-14)15-8-7-11-4-3-9-16-11/h1-2,5-6,11,13,15H,3-4,7-10H2. The average molecular weight is 249 g/mol. The summed E-state index contributed by atoms with van der Waals surface area (Å²) in [5.41, 5.74) is 1.48. The molecule has 0 saturated carbocycles. The van der Waals surface area contributed by atoms with Gasteiger partial charge in [-0.25, -0.2) is 0 Å². The molecule has 1 saturated heterocycles. The van der Waals surface area contributed by atoms with Gasteiger partial charge in [0.2, 0.25) is 0 Å². The van der Waals surface area contributed by atoms with E-state index in [9.17, 15) is 0 Å². The minimum absolute atomic E-state index is 0.506. The monoisotopic (exact) mass is 249 g/mol. The van der Waals surface area contributed by atoms with E-state index in [1.54, 1.807) is 0 Å². The number of rotatable bonds is 4. The Bertz CT molecular complexity index is 376.